The summed E-state index contributed by atoms with van der Waals surface area (Å²) in [4.78, 5) is 12.8. The Morgan fingerprint density at radius 3 is 2.55 bits per heavy atom. The summed E-state index contributed by atoms with van der Waals surface area (Å²) >= 11 is 3.52. The Balaban J connectivity index is 2.14. The second-order valence-corrected chi connectivity index (χ2v) is 7.71. The van der Waals surface area contributed by atoms with Gasteiger partial charge in [-0.1, -0.05) is 67.9 Å². The minimum Gasteiger partial charge on any atom is -0.289 e. The summed E-state index contributed by atoms with van der Waals surface area (Å²) in [5.41, 5.74) is 4.20. The number of allylic oxidation sites excluding steroid dienone is 4. The molecule has 0 radical (unpaired) electrons. The van der Waals surface area contributed by atoms with Crippen molar-refractivity contribution in [2.45, 2.75) is 27.7 Å². The molecule has 104 valence electrons. The first-order valence-corrected chi connectivity index (χ1v) is 7.87. The molecule has 0 saturated heterocycles. The summed E-state index contributed by atoms with van der Waals surface area (Å²) in [6.07, 6.45) is 4.44. The summed E-state index contributed by atoms with van der Waals surface area (Å²) in [5, 5.41) is 0. The molecule has 0 fully saturated rings. The number of rotatable bonds is 0. The zero-order valence-electron chi connectivity index (χ0n) is 12.3. The number of carbonyl (C=O) groups excluding carboxylic acids is 1. The number of Topliss-reactive ketones (excluding diaryl/α,β-unsaturated/α-hetero) is 1. The van der Waals surface area contributed by atoms with Gasteiger partial charge in [0.25, 0.3) is 0 Å². The molecule has 20 heavy (non-hydrogen) atoms. The highest BCUT2D eigenvalue weighted by atomic mass is 79.9. The van der Waals surface area contributed by atoms with Gasteiger partial charge in [0.15, 0.2) is 5.78 Å². The highest BCUT2D eigenvalue weighted by Gasteiger charge is 2.40. The van der Waals surface area contributed by atoms with E-state index in [1.807, 2.05) is 12.1 Å². The summed E-state index contributed by atoms with van der Waals surface area (Å²) in [6, 6.07) is 6.00. The Hall–Kier alpha value is -1.15. The summed E-state index contributed by atoms with van der Waals surface area (Å²) in [7, 11) is 0. The van der Waals surface area contributed by atoms with Crippen LogP contribution in [0.25, 0.3) is 5.57 Å². The van der Waals surface area contributed by atoms with Crippen molar-refractivity contribution in [2.24, 2.45) is 17.3 Å². The smallest absolute Gasteiger partial charge is 0.191 e. The van der Waals surface area contributed by atoms with Gasteiger partial charge in [-0.25, -0.2) is 0 Å². The van der Waals surface area contributed by atoms with Crippen LogP contribution in [0.15, 0.2) is 40.4 Å². The molecule has 0 amide bonds. The molecule has 2 heteroatoms. The summed E-state index contributed by atoms with van der Waals surface area (Å²) in [6.45, 7) is 8.91. The first-order chi connectivity index (χ1) is 9.32. The molecule has 0 saturated carbocycles. The molecule has 0 spiro atoms. The van der Waals surface area contributed by atoms with E-state index in [4.69, 9.17) is 0 Å². The minimum absolute atomic E-state index is 0.167. The van der Waals surface area contributed by atoms with Crippen LogP contribution in [0.1, 0.15) is 43.6 Å². The number of ketones is 1. The van der Waals surface area contributed by atoms with E-state index < -0.39 is 0 Å². The van der Waals surface area contributed by atoms with Crippen molar-refractivity contribution in [3.05, 3.63) is 51.5 Å². The number of carbonyl (C=O) groups is 1. The normalized spacial score (nSPS) is 24.9. The van der Waals surface area contributed by atoms with Gasteiger partial charge >= 0.3 is 0 Å². The van der Waals surface area contributed by atoms with Gasteiger partial charge in [0.1, 0.15) is 0 Å². The van der Waals surface area contributed by atoms with E-state index in [9.17, 15) is 4.79 Å². The summed E-state index contributed by atoms with van der Waals surface area (Å²) in [5.74, 6) is 0.869. The fraction of sp³-hybridized carbons (Fsp3) is 0.389. The largest absolute Gasteiger partial charge is 0.289 e. The van der Waals surface area contributed by atoms with Crippen molar-refractivity contribution in [3.63, 3.8) is 0 Å². The first kappa shape index (κ1) is 13.8. The van der Waals surface area contributed by atoms with Crippen LogP contribution in [0.4, 0.5) is 0 Å². The molecular weight excluding hydrogens is 312 g/mol. The van der Waals surface area contributed by atoms with E-state index >= 15 is 0 Å². The van der Waals surface area contributed by atoms with Gasteiger partial charge in [0.2, 0.25) is 0 Å². The third kappa shape index (κ3) is 1.85. The van der Waals surface area contributed by atoms with Gasteiger partial charge in [-0.15, -0.1) is 0 Å². The standard InChI is InChI=1S/C18H19BrO/c1-10-13(18(2,3)4)9-8-12-11-6-5-7-14(19)16(11)17(20)15(10)12/h5-10,13H,1-4H3. The molecule has 2 aliphatic rings. The molecule has 2 atom stereocenters. The monoisotopic (exact) mass is 330 g/mol. The molecule has 3 rings (SSSR count). The van der Waals surface area contributed by atoms with Gasteiger partial charge in [-0.2, -0.15) is 0 Å². The first-order valence-electron chi connectivity index (χ1n) is 7.08. The lowest BCUT2D eigenvalue weighted by Crippen LogP contribution is -2.29. The molecule has 0 bridgehead atoms. The van der Waals surface area contributed by atoms with Crippen molar-refractivity contribution >= 4 is 27.3 Å². The van der Waals surface area contributed by atoms with Gasteiger partial charge < -0.3 is 0 Å². The maximum atomic E-state index is 12.8. The van der Waals surface area contributed by atoms with Crippen LogP contribution in [-0.4, -0.2) is 5.78 Å². The van der Waals surface area contributed by atoms with Gasteiger partial charge in [-0.3, -0.25) is 4.79 Å². The Morgan fingerprint density at radius 1 is 1.20 bits per heavy atom. The van der Waals surface area contributed by atoms with Gasteiger partial charge in [-0.05, 0) is 34.5 Å². The van der Waals surface area contributed by atoms with Crippen LogP contribution in [0.3, 0.4) is 0 Å². The molecule has 1 aromatic rings. The minimum atomic E-state index is 0.167. The molecule has 2 aliphatic carbocycles. The average Bonchev–Trinajstić information content (AvgIpc) is 2.64. The second kappa shape index (κ2) is 4.42. The number of halogens is 1. The SMILES string of the molecule is CC1C2=C(C=CC1C(C)(C)C)c1cccc(Br)c1C2=O. The maximum absolute atomic E-state index is 12.8. The molecule has 2 unspecified atom stereocenters. The molecule has 0 N–H and O–H groups in total. The highest BCUT2D eigenvalue weighted by Crippen LogP contribution is 2.48. The van der Waals surface area contributed by atoms with E-state index in [1.54, 1.807) is 0 Å². The molecule has 1 aromatic carbocycles. The fourth-order valence-electron chi connectivity index (χ4n) is 3.60. The number of hydrogen-bond donors (Lipinski definition) is 0. The quantitative estimate of drug-likeness (QED) is 0.633. The molecule has 1 nitrogen and oxygen atoms in total. The third-order valence-electron chi connectivity index (χ3n) is 4.53. The topological polar surface area (TPSA) is 17.1 Å². The maximum Gasteiger partial charge on any atom is 0.191 e. The van der Waals surface area contributed by atoms with Gasteiger partial charge in [0.05, 0.1) is 0 Å². The fourth-order valence-corrected chi connectivity index (χ4v) is 4.14. The number of hydrogen-bond acceptors (Lipinski definition) is 1. The lowest BCUT2D eigenvalue weighted by atomic mass is 9.68. The number of benzene rings is 1. The zero-order chi connectivity index (χ0) is 14.7. The van der Waals surface area contributed by atoms with Crippen molar-refractivity contribution < 1.29 is 4.79 Å². The molecular formula is C18H19BrO. The van der Waals surface area contributed by atoms with E-state index in [2.05, 4.69) is 61.8 Å². The zero-order valence-corrected chi connectivity index (χ0v) is 13.9. The van der Waals surface area contributed by atoms with Crippen LogP contribution in [0.5, 0.6) is 0 Å². The Labute approximate surface area is 128 Å². The van der Waals surface area contributed by atoms with Crippen LogP contribution in [0, 0.1) is 17.3 Å². The van der Waals surface area contributed by atoms with Crippen LogP contribution < -0.4 is 0 Å². The van der Waals surface area contributed by atoms with Crippen molar-refractivity contribution in [3.8, 4) is 0 Å². The molecule has 0 aromatic heterocycles. The Bertz CT molecular complexity index is 658. The number of fused-ring (bicyclic) bond motifs is 2. The third-order valence-corrected chi connectivity index (χ3v) is 5.19. The van der Waals surface area contributed by atoms with Crippen LogP contribution >= 0.6 is 15.9 Å². The average molecular weight is 331 g/mol. The van der Waals surface area contributed by atoms with E-state index in [1.165, 1.54) is 0 Å². The van der Waals surface area contributed by atoms with Crippen molar-refractivity contribution in [1.82, 2.24) is 0 Å². The van der Waals surface area contributed by atoms with Gasteiger partial charge in [0, 0.05) is 15.6 Å². The Kier molecular flexibility index (Phi) is 3.06. The van der Waals surface area contributed by atoms with Crippen molar-refractivity contribution in [1.29, 1.82) is 0 Å². The predicted octanol–water partition coefficient (Wildman–Crippen LogP) is 5.27. The second-order valence-electron chi connectivity index (χ2n) is 6.86. The van der Waals surface area contributed by atoms with Crippen molar-refractivity contribution in [2.75, 3.05) is 0 Å². The Morgan fingerprint density at radius 2 is 1.90 bits per heavy atom. The lowest BCUT2D eigenvalue weighted by molar-refractivity contribution is 0.101. The lowest BCUT2D eigenvalue weighted by Gasteiger charge is -2.36. The van der Waals surface area contributed by atoms with Crippen LogP contribution in [0.2, 0.25) is 0 Å². The summed E-state index contributed by atoms with van der Waals surface area (Å²) < 4.78 is 0.905. The van der Waals surface area contributed by atoms with Crippen LogP contribution in [-0.2, 0) is 0 Å². The van der Waals surface area contributed by atoms with E-state index in [-0.39, 0.29) is 17.1 Å². The van der Waals surface area contributed by atoms with E-state index in [0.29, 0.717) is 5.92 Å². The molecule has 0 aliphatic heterocycles. The van der Waals surface area contributed by atoms with E-state index in [0.717, 1.165) is 26.7 Å². The molecule has 0 heterocycles. The predicted molar refractivity (Wildman–Crippen MR) is 86.6 cm³/mol. The highest BCUT2D eigenvalue weighted by molar-refractivity contribution is 9.10.